The van der Waals surface area contributed by atoms with Gasteiger partial charge in [0, 0.05) is 19.1 Å². The van der Waals surface area contributed by atoms with Crippen LogP contribution in [0.15, 0.2) is 24.3 Å². The summed E-state index contributed by atoms with van der Waals surface area (Å²) in [4.78, 5) is 13.5. The quantitative estimate of drug-likeness (QED) is 0.837. The Bertz CT molecular complexity index is 464. The summed E-state index contributed by atoms with van der Waals surface area (Å²) in [6, 6.07) is 7.72. The molecule has 20 heavy (non-hydrogen) atoms. The van der Waals surface area contributed by atoms with Crippen molar-refractivity contribution in [3.8, 4) is 5.75 Å². The maximum absolute atomic E-state index is 11.3. The van der Waals surface area contributed by atoms with Crippen LogP contribution in [0, 0.1) is 5.92 Å². The van der Waals surface area contributed by atoms with Gasteiger partial charge in [0.05, 0.1) is 13.0 Å². The normalized spacial score (nSPS) is 21.4. The van der Waals surface area contributed by atoms with Crippen molar-refractivity contribution in [2.45, 2.75) is 18.9 Å². The lowest BCUT2D eigenvalue weighted by atomic mass is 9.96. The first-order chi connectivity index (χ1) is 9.60. The molecule has 5 nitrogen and oxygen atoms in total. The van der Waals surface area contributed by atoms with Crippen LogP contribution >= 0.6 is 0 Å². The van der Waals surface area contributed by atoms with Gasteiger partial charge in [0.2, 0.25) is 5.91 Å². The van der Waals surface area contributed by atoms with Crippen LogP contribution in [0.1, 0.15) is 24.4 Å². The molecule has 4 N–H and O–H groups in total. The van der Waals surface area contributed by atoms with Crippen LogP contribution in [0.2, 0.25) is 0 Å². The van der Waals surface area contributed by atoms with Crippen molar-refractivity contribution in [2.75, 3.05) is 26.7 Å². The highest BCUT2D eigenvalue weighted by atomic mass is 16.5. The molecule has 0 saturated carbocycles. The zero-order chi connectivity index (χ0) is 14.5. The van der Waals surface area contributed by atoms with Crippen molar-refractivity contribution in [3.05, 3.63) is 29.8 Å². The molecule has 1 aromatic rings. The molecule has 1 aliphatic heterocycles. The number of nitrogens with two attached hydrogens (primary N) is 2. The van der Waals surface area contributed by atoms with Crippen LogP contribution in [0.25, 0.3) is 0 Å². The Hall–Kier alpha value is -1.59. The second kappa shape index (κ2) is 6.72. The number of likely N-dealkylation sites (tertiary alicyclic amines) is 1. The molecule has 1 aliphatic rings. The van der Waals surface area contributed by atoms with E-state index in [2.05, 4.69) is 4.90 Å². The smallest absolute Gasteiger partial charge is 0.221 e. The van der Waals surface area contributed by atoms with Gasteiger partial charge >= 0.3 is 0 Å². The lowest BCUT2D eigenvalue weighted by Gasteiger charge is -2.32. The average molecular weight is 277 g/mol. The Morgan fingerprint density at radius 1 is 1.55 bits per heavy atom. The van der Waals surface area contributed by atoms with Crippen LogP contribution in [-0.2, 0) is 4.79 Å². The van der Waals surface area contributed by atoms with Gasteiger partial charge in [0.1, 0.15) is 5.75 Å². The van der Waals surface area contributed by atoms with E-state index in [0.29, 0.717) is 6.54 Å². The van der Waals surface area contributed by atoms with E-state index < -0.39 is 0 Å². The van der Waals surface area contributed by atoms with Gasteiger partial charge in [0.15, 0.2) is 0 Å². The van der Waals surface area contributed by atoms with Gasteiger partial charge in [-0.25, -0.2) is 0 Å². The van der Waals surface area contributed by atoms with Crippen LogP contribution in [-0.4, -0.2) is 37.6 Å². The van der Waals surface area contributed by atoms with Gasteiger partial charge < -0.3 is 21.1 Å². The molecule has 2 unspecified atom stereocenters. The molecule has 110 valence electrons. The van der Waals surface area contributed by atoms with Gasteiger partial charge in [-0.05, 0) is 37.1 Å². The van der Waals surface area contributed by atoms with Crippen LogP contribution in [0.4, 0.5) is 0 Å². The number of carbonyl (C=O) groups excluding carboxylic acids is 1. The number of nitrogens with zero attached hydrogens (tertiary/aromatic N) is 1. The van der Waals surface area contributed by atoms with Crippen molar-refractivity contribution in [3.63, 3.8) is 0 Å². The Labute approximate surface area is 119 Å². The molecule has 0 aliphatic carbocycles. The number of ether oxygens (including phenoxy) is 1. The molecule has 1 heterocycles. The second-order valence-corrected chi connectivity index (χ2v) is 5.38. The van der Waals surface area contributed by atoms with Crippen molar-refractivity contribution in [2.24, 2.45) is 17.4 Å². The standard InChI is InChI=1S/C15H23N3O2/c1-20-13-6-2-4-11(8-13)14(16)10-18-7-3-5-12(9-18)15(17)19/h2,4,6,8,12,14H,3,5,7,9-10,16H2,1H3,(H2,17,19). The molecule has 2 rings (SSSR count). The van der Waals surface area contributed by atoms with Gasteiger partial charge in [-0.15, -0.1) is 0 Å². The minimum Gasteiger partial charge on any atom is -0.497 e. The lowest BCUT2D eigenvalue weighted by Crippen LogP contribution is -2.43. The van der Waals surface area contributed by atoms with Gasteiger partial charge in [-0.2, -0.15) is 0 Å². The molecule has 0 bridgehead atoms. The van der Waals surface area contributed by atoms with E-state index in [4.69, 9.17) is 16.2 Å². The maximum Gasteiger partial charge on any atom is 0.221 e. The topological polar surface area (TPSA) is 81.6 Å². The number of rotatable bonds is 5. The third-order valence-electron chi connectivity index (χ3n) is 3.88. The number of carbonyl (C=O) groups is 1. The first-order valence-corrected chi connectivity index (χ1v) is 7.01. The average Bonchev–Trinajstić information content (AvgIpc) is 2.47. The molecule has 0 spiro atoms. The molecule has 1 aromatic carbocycles. The van der Waals surface area contributed by atoms with E-state index in [1.807, 2.05) is 24.3 Å². The highest BCUT2D eigenvalue weighted by Gasteiger charge is 2.25. The summed E-state index contributed by atoms with van der Waals surface area (Å²) in [5.74, 6) is 0.567. The molecule has 5 heteroatoms. The number of hydrogen-bond donors (Lipinski definition) is 2. The number of primary amides is 1. The Balaban J connectivity index is 1.96. The van der Waals surface area contributed by atoms with Crippen molar-refractivity contribution in [1.29, 1.82) is 0 Å². The predicted molar refractivity (Wildman–Crippen MR) is 78.3 cm³/mol. The molecular formula is C15H23N3O2. The highest BCUT2D eigenvalue weighted by Crippen LogP contribution is 2.21. The highest BCUT2D eigenvalue weighted by molar-refractivity contribution is 5.76. The summed E-state index contributed by atoms with van der Waals surface area (Å²) in [7, 11) is 1.65. The number of amides is 1. The molecule has 2 atom stereocenters. The number of hydrogen-bond acceptors (Lipinski definition) is 4. The van der Waals surface area contributed by atoms with Gasteiger partial charge in [0.25, 0.3) is 0 Å². The zero-order valence-corrected chi connectivity index (χ0v) is 11.9. The van der Waals surface area contributed by atoms with E-state index >= 15 is 0 Å². The minimum atomic E-state index is -0.204. The SMILES string of the molecule is COc1cccc(C(N)CN2CCCC(C(N)=O)C2)c1. The molecule has 1 fully saturated rings. The molecular weight excluding hydrogens is 254 g/mol. The van der Waals surface area contributed by atoms with Crippen LogP contribution in [0.5, 0.6) is 5.75 Å². The van der Waals surface area contributed by atoms with E-state index in [-0.39, 0.29) is 17.9 Å². The second-order valence-electron chi connectivity index (χ2n) is 5.38. The summed E-state index contributed by atoms with van der Waals surface area (Å²) in [6.45, 7) is 2.42. The number of methoxy groups -OCH3 is 1. The summed E-state index contributed by atoms with van der Waals surface area (Å²) in [5, 5.41) is 0. The first kappa shape index (κ1) is 14.8. The zero-order valence-electron chi connectivity index (χ0n) is 11.9. The van der Waals surface area contributed by atoms with Gasteiger partial charge in [-0.3, -0.25) is 4.79 Å². The molecule has 1 saturated heterocycles. The summed E-state index contributed by atoms with van der Waals surface area (Å²) < 4.78 is 5.21. The largest absolute Gasteiger partial charge is 0.497 e. The van der Waals surface area contributed by atoms with Crippen molar-refractivity contribution >= 4 is 5.91 Å². The Kier molecular flexibility index (Phi) is 4.98. The summed E-state index contributed by atoms with van der Waals surface area (Å²) in [5.41, 5.74) is 12.7. The fraction of sp³-hybridized carbons (Fsp3) is 0.533. The fourth-order valence-corrected chi connectivity index (χ4v) is 2.71. The predicted octanol–water partition coefficient (Wildman–Crippen LogP) is 0.892. The van der Waals surface area contributed by atoms with Gasteiger partial charge in [-0.1, -0.05) is 12.1 Å². The third-order valence-corrected chi connectivity index (χ3v) is 3.88. The van der Waals surface area contributed by atoms with E-state index in [0.717, 1.165) is 37.2 Å². The minimum absolute atomic E-state index is 0.0405. The monoisotopic (exact) mass is 277 g/mol. The molecule has 0 aromatic heterocycles. The van der Waals surface area contributed by atoms with E-state index in [1.165, 1.54) is 0 Å². The first-order valence-electron chi connectivity index (χ1n) is 7.01. The summed E-state index contributed by atoms with van der Waals surface area (Å²) in [6.07, 6.45) is 1.89. The number of benzene rings is 1. The summed E-state index contributed by atoms with van der Waals surface area (Å²) >= 11 is 0. The molecule has 0 radical (unpaired) electrons. The van der Waals surface area contributed by atoms with E-state index in [9.17, 15) is 4.79 Å². The van der Waals surface area contributed by atoms with Crippen LogP contribution < -0.4 is 16.2 Å². The van der Waals surface area contributed by atoms with Crippen molar-refractivity contribution in [1.82, 2.24) is 4.90 Å². The van der Waals surface area contributed by atoms with Crippen LogP contribution in [0.3, 0.4) is 0 Å². The van der Waals surface area contributed by atoms with E-state index in [1.54, 1.807) is 7.11 Å². The number of piperidine rings is 1. The van der Waals surface area contributed by atoms with Crippen molar-refractivity contribution < 1.29 is 9.53 Å². The maximum atomic E-state index is 11.3. The third kappa shape index (κ3) is 3.71. The fourth-order valence-electron chi connectivity index (χ4n) is 2.71. The Morgan fingerprint density at radius 3 is 3.05 bits per heavy atom. The molecule has 1 amide bonds. The Morgan fingerprint density at radius 2 is 2.35 bits per heavy atom. The lowest BCUT2D eigenvalue weighted by molar-refractivity contribution is -0.123.